The van der Waals surface area contributed by atoms with Crippen LogP contribution in [-0.4, -0.2) is 26.0 Å². The molecule has 0 saturated carbocycles. The molecule has 2 rings (SSSR count). The van der Waals surface area contributed by atoms with E-state index >= 15 is 0 Å². The van der Waals surface area contributed by atoms with Gasteiger partial charge in [0.1, 0.15) is 6.33 Å². The van der Waals surface area contributed by atoms with Crippen molar-refractivity contribution >= 4 is 41.9 Å². The Kier molecular flexibility index (Phi) is 5.23. The lowest BCUT2D eigenvalue weighted by atomic mass is 10.2. The Morgan fingerprint density at radius 3 is 2.90 bits per heavy atom. The van der Waals surface area contributed by atoms with Crippen LogP contribution in [0.1, 0.15) is 5.56 Å². The molecule has 2 aromatic rings. The maximum atomic E-state index is 10.6. The predicted octanol–water partition coefficient (Wildman–Crippen LogP) is 1.42. The first kappa shape index (κ1) is 15.7. The van der Waals surface area contributed by atoms with Gasteiger partial charge < -0.3 is 5.84 Å². The van der Waals surface area contributed by atoms with Crippen molar-refractivity contribution < 1.29 is 4.92 Å². The highest BCUT2D eigenvalue weighted by atomic mass is 35.5. The maximum absolute atomic E-state index is 10.6. The van der Waals surface area contributed by atoms with Crippen LogP contribution in [0.25, 0.3) is 0 Å². The summed E-state index contributed by atoms with van der Waals surface area (Å²) in [4.78, 5) is 10.1. The molecule has 1 aromatic carbocycles. The second-order valence-corrected chi connectivity index (χ2v) is 3.80. The number of nitrogens with two attached hydrogens (primary N) is 1. The second kappa shape index (κ2) is 6.68. The number of nitrogen functional groups attached to an aromatic ring is 1. The van der Waals surface area contributed by atoms with Crippen molar-refractivity contribution in [1.29, 1.82) is 0 Å². The van der Waals surface area contributed by atoms with Crippen LogP contribution in [0.15, 0.2) is 29.6 Å². The Morgan fingerprint density at radius 2 is 2.30 bits per heavy atom. The SMILES string of the molecule is Cl.Nn1cnnc1NN=Cc1cc([N+](=O)[O-])ccc1Cl. The van der Waals surface area contributed by atoms with Crippen LogP contribution in [0, 0.1) is 10.1 Å². The van der Waals surface area contributed by atoms with Crippen LogP contribution < -0.4 is 11.3 Å². The Hall–Kier alpha value is -2.39. The van der Waals surface area contributed by atoms with E-state index < -0.39 is 4.92 Å². The van der Waals surface area contributed by atoms with E-state index in [1.54, 1.807) is 0 Å². The van der Waals surface area contributed by atoms with E-state index in [2.05, 4.69) is 20.7 Å². The van der Waals surface area contributed by atoms with E-state index in [1.165, 1.54) is 30.7 Å². The minimum Gasteiger partial charge on any atom is -0.335 e. The van der Waals surface area contributed by atoms with Gasteiger partial charge in [-0.3, -0.25) is 10.1 Å². The van der Waals surface area contributed by atoms with Crippen LogP contribution in [0.3, 0.4) is 0 Å². The molecule has 1 aromatic heterocycles. The molecule has 0 radical (unpaired) electrons. The van der Waals surface area contributed by atoms with Gasteiger partial charge in [-0.2, -0.15) is 5.10 Å². The summed E-state index contributed by atoms with van der Waals surface area (Å²) in [6.45, 7) is 0. The number of nitrogens with zero attached hydrogens (tertiary/aromatic N) is 5. The van der Waals surface area contributed by atoms with E-state index in [4.69, 9.17) is 17.4 Å². The Labute approximate surface area is 124 Å². The predicted molar refractivity (Wildman–Crippen MR) is 76.7 cm³/mol. The zero-order valence-corrected chi connectivity index (χ0v) is 11.4. The molecule has 0 unspecified atom stereocenters. The number of anilines is 1. The summed E-state index contributed by atoms with van der Waals surface area (Å²) < 4.78 is 1.13. The van der Waals surface area contributed by atoms with Crippen molar-refractivity contribution in [1.82, 2.24) is 14.9 Å². The maximum Gasteiger partial charge on any atom is 0.270 e. The van der Waals surface area contributed by atoms with Gasteiger partial charge in [0.05, 0.1) is 11.1 Å². The number of halogens is 2. The molecule has 20 heavy (non-hydrogen) atoms. The first-order valence-corrected chi connectivity index (χ1v) is 5.34. The highest BCUT2D eigenvalue weighted by Gasteiger charge is 2.08. The largest absolute Gasteiger partial charge is 0.335 e. The Bertz CT molecular complexity index is 643. The summed E-state index contributed by atoms with van der Waals surface area (Å²) in [5, 5.41) is 22.0. The monoisotopic (exact) mass is 317 g/mol. The van der Waals surface area contributed by atoms with Crippen LogP contribution in [0.4, 0.5) is 11.6 Å². The Morgan fingerprint density at radius 1 is 1.55 bits per heavy atom. The fourth-order valence-corrected chi connectivity index (χ4v) is 1.39. The quantitative estimate of drug-likeness (QED) is 0.380. The normalized spacial score (nSPS) is 10.2. The third kappa shape index (κ3) is 3.56. The highest BCUT2D eigenvalue weighted by Crippen LogP contribution is 2.20. The van der Waals surface area contributed by atoms with Crippen LogP contribution >= 0.6 is 24.0 Å². The van der Waals surface area contributed by atoms with Crippen molar-refractivity contribution in [3.05, 3.63) is 45.2 Å². The smallest absolute Gasteiger partial charge is 0.270 e. The molecule has 0 saturated heterocycles. The zero-order valence-electron chi connectivity index (χ0n) is 9.80. The van der Waals surface area contributed by atoms with E-state index in [0.717, 1.165) is 4.68 Å². The van der Waals surface area contributed by atoms with Gasteiger partial charge in [0.25, 0.3) is 11.6 Å². The first-order valence-electron chi connectivity index (χ1n) is 4.96. The molecule has 11 heteroatoms. The summed E-state index contributed by atoms with van der Waals surface area (Å²) >= 11 is 5.89. The minimum absolute atomic E-state index is 0. The minimum atomic E-state index is -0.516. The molecule has 0 amide bonds. The van der Waals surface area contributed by atoms with Crippen molar-refractivity contribution in [2.24, 2.45) is 5.10 Å². The van der Waals surface area contributed by atoms with Crippen LogP contribution in [0.2, 0.25) is 5.02 Å². The van der Waals surface area contributed by atoms with Gasteiger partial charge in [-0.15, -0.1) is 22.6 Å². The van der Waals surface area contributed by atoms with Gasteiger partial charge in [0.15, 0.2) is 0 Å². The average Bonchev–Trinajstić information content (AvgIpc) is 2.77. The van der Waals surface area contributed by atoms with Crippen molar-refractivity contribution in [2.75, 3.05) is 11.3 Å². The molecule has 9 nitrogen and oxygen atoms in total. The lowest BCUT2D eigenvalue weighted by molar-refractivity contribution is -0.384. The van der Waals surface area contributed by atoms with Gasteiger partial charge in [-0.05, 0) is 6.07 Å². The van der Waals surface area contributed by atoms with Gasteiger partial charge >= 0.3 is 0 Å². The van der Waals surface area contributed by atoms with E-state index in [1.807, 2.05) is 0 Å². The number of non-ortho nitro benzene ring substituents is 1. The molecular formula is C9H9Cl2N7O2. The fourth-order valence-electron chi connectivity index (χ4n) is 1.23. The third-order valence-corrected chi connectivity index (χ3v) is 2.48. The van der Waals surface area contributed by atoms with E-state index in [-0.39, 0.29) is 24.0 Å². The van der Waals surface area contributed by atoms with Crippen LogP contribution in [-0.2, 0) is 0 Å². The Balaban J connectivity index is 0.00000200. The summed E-state index contributed by atoms with van der Waals surface area (Å²) in [6.07, 6.45) is 2.61. The summed E-state index contributed by atoms with van der Waals surface area (Å²) in [5.41, 5.74) is 2.84. The van der Waals surface area contributed by atoms with Crippen molar-refractivity contribution in [3.8, 4) is 0 Å². The van der Waals surface area contributed by atoms with Gasteiger partial charge in [0.2, 0.25) is 0 Å². The second-order valence-electron chi connectivity index (χ2n) is 3.39. The van der Waals surface area contributed by atoms with Crippen molar-refractivity contribution in [2.45, 2.75) is 0 Å². The number of nitrogens with one attached hydrogen (secondary N) is 1. The molecule has 3 N–H and O–H groups in total. The lowest BCUT2D eigenvalue weighted by Gasteiger charge is -1.99. The molecular weight excluding hydrogens is 309 g/mol. The molecule has 0 fully saturated rings. The molecule has 0 atom stereocenters. The third-order valence-electron chi connectivity index (χ3n) is 2.13. The lowest BCUT2D eigenvalue weighted by Crippen LogP contribution is -2.10. The summed E-state index contributed by atoms with van der Waals surface area (Å²) in [6, 6.07) is 4.04. The zero-order chi connectivity index (χ0) is 13.8. The van der Waals surface area contributed by atoms with Gasteiger partial charge in [-0.25, -0.2) is 10.1 Å². The topological polar surface area (TPSA) is 124 Å². The van der Waals surface area contributed by atoms with E-state index in [0.29, 0.717) is 10.6 Å². The number of benzene rings is 1. The molecule has 0 spiro atoms. The van der Waals surface area contributed by atoms with E-state index in [9.17, 15) is 10.1 Å². The number of hydrogen-bond acceptors (Lipinski definition) is 7. The fraction of sp³-hybridized carbons (Fsp3) is 0. The molecule has 0 aliphatic rings. The molecule has 1 heterocycles. The highest BCUT2D eigenvalue weighted by molar-refractivity contribution is 6.33. The number of nitro groups is 1. The number of nitro benzene ring substituents is 1. The van der Waals surface area contributed by atoms with Crippen molar-refractivity contribution in [3.63, 3.8) is 0 Å². The standard InChI is InChI=1S/C9H8ClN7O2.ClH/c10-8-2-1-7(17(18)19)3-6(8)4-12-14-9-15-13-5-16(9)11;/h1-5H,11H2,(H,14,15);1H. The number of rotatable bonds is 4. The van der Waals surface area contributed by atoms with Gasteiger partial charge in [-0.1, -0.05) is 11.6 Å². The van der Waals surface area contributed by atoms with Gasteiger partial charge in [0, 0.05) is 22.7 Å². The van der Waals surface area contributed by atoms with Crippen LogP contribution in [0.5, 0.6) is 0 Å². The molecule has 0 aliphatic heterocycles. The number of hydrogen-bond donors (Lipinski definition) is 2. The average molecular weight is 318 g/mol. The summed E-state index contributed by atoms with van der Waals surface area (Å²) in [5.74, 6) is 5.67. The molecule has 0 aliphatic carbocycles. The first-order chi connectivity index (χ1) is 9.08. The molecule has 0 bridgehead atoms. The number of aromatic nitrogens is 3. The summed E-state index contributed by atoms with van der Waals surface area (Å²) in [7, 11) is 0. The number of hydrazone groups is 1. The molecule has 106 valence electrons.